The highest BCUT2D eigenvalue weighted by molar-refractivity contribution is 5.53. The van der Waals surface area contributed by atoms with Gasteiger partial charge in [0.15, 0.2) is 0 Å². The lowest BCUT2D eigenvalue weighted by molar-refractivity contribution is -0.0328. The zero-order valence-corrected chi connectivity index (χ0v) is 17.9. The van der Waals surface area contributed by atoms with Crippen LogP contribution >= 0.6 is 0 Å². The number of benzene rings is 1. The van der Waals surface area contributed by atoms with Crippen LogP contribution in [0.4, 0.5) is 4.79 Å². The Bertz CT molecular complexity index is 441. The molecule has 0 heterocycles. The van der Waals surface area contributed by atoms with Gasteiger partial charge in [0.2, 0.25) is 0 Å². The normalized spacial score (nSPS) is 9.50. The van der Waals surface area contributed by atoms with Crippen LogP contribution in [-0.2, 0) is 9.47 Å². The van der Waals surface area contributed by atoms with E-state index < -0.39 is 38.0 Å². The van der Waals surface area contributed by atoms with Gasteiger partial charge in [0.05, 0.1) is 53.2 Å². The average Bonchev–Trinajstić information content (AvgIpc) is 2.76. The van der Waals surface area contributed by atoms with Crippen molar-refractivity contribution in [1.82, 2.24) is 0 Å². The van der Waals surface area contributed by atoms with Crippen molar-refractivity contribution in [3.8, 4) is 17.2 Å². The second-order valence-electron chi connectivity index (χ2n) is 5.36. The number of ether oxygens (including phenoxy) is 5. The first-order valence-corrected chi connectivity index (χ1v) is 8.29. The summed E-state index contributed by atoms with van der Waals surface area (Å²) in [6.45, 7) is -1.24. The van der Waals surface area contributed by atoms with Gasteiger partial charge in [-0.1, -0.05) is 0 Å². The molecule has 6 N–H and O–H groups in total. The minimum atomic E-state index is -1.83. The number of hydrogen-bond acceptors (Lipinski definition) is 10. The highest BCUT2D eigenvalue weighted by atomic mass is 16.6. The second kappa shape index (κ2) is 21.4. The smallest absolute Gasteiger partial charge is 0.496 e. The molecule has 178 valence electrons. The molecule has 12 nitrogen and oxygen atoms in total. The molecular formula is C18H34O12. The number of rotatable bonds is 9. The maximum absolute atomic E-state index is 8.56. The minimum Gasteiger partial charge on any atom is -0.496 e. The summed E-state index contributed by atoms with van der Waals surface area (Å²) in [5.74, 6) is 2.18. The zero-order valence-electron chi connectivity index (χ0n) is 17.9. The van der Waals surface area contributed by atoms with Crippen LogP contribution in [0.3, 0.4) is 0 Å². The highest BCUT2D eigenvalue weighted by Gasteiger charge is 2.26. The number of aliphatic hydroxyl groups excluding tert-OH is 4. The summed E-state index contributed by atoms with van der Waals surface area (Å²) in [7, 11) is 7.99. The van der Waals surface area contributed by atoms with Crippen LogP contribution in [0, 0.1) is 5.41 Å². The molecule has 0 spiro atoms. The average molecular weight is 442 g/mol. The van der Waals surface area contributed by atoms with Gasteiger partial charge in [-0.2, -0.15) is 0 Å². The third-order valence-electron chi connectivity index (χ3n) is 3.14. The van der Waals surface area contributed by atoms with Crippen LogP contribution < -0.4 is 14.2 Å². The van der Waals surface area contributed by atoms with Crippen LogP contribution in [0.15, 0.2) is 18.2 Å². The maximum Gasteiger partial charge on any atom is 0.503 e. The summed E-state index contributed by atoms with van der Waals surface area (Å²) in [5, 5.41) is 47.9. The van der Waals surface area contributed by atoms with E-state index >= 15 is 0 Å². The molecule has 0 radical (unpaired) electrons. The molecule has 0 aliphatic rings. The lowest BCUT2D eigenvalue weighted by atomic mass is 9.93. The van der Waals surface area contributed by atoms with Crippen molar-refractivity contribution in [2.45, 2.75) is 0 Å². The Balaban J connectivity index is -0.000000357. The number of carboxylic acid groups (broad SMARTS) is 2. The van der Waals surface area contributed by atoms with Crippen molar-refractivity contribution >= 4 is 6.16 Å². The van der Waals surface area contributed by atoms with Crippen molar-refractivity contribution in [2.75, 3.05) is 68.8 Å². The van der Waals surface area contributed by atoms with Crippen molar-refractivity contribution in [3.63, 3.8) is 0 Å². The number of aliphatic hydroxyl groups is 4. The molecule has 0 saturated carbocycles. The first kappa shape index (κ1) is 32.3. The topological polar surface area (TPSA) is 185 Å². The molecule has 0 aliphatic heterocycles. The quantitative estimate of drug-likeness (QED) is 0.284. The lowest BCUT2D eigenvalue weighted by Gasteiger charge is -2.23. The van der Waals surface area contributed by atoms with Crippen molar-refractivity contribution in [2.24, 2.45) is 5.41 Å². The van der Waals surface area contributed by atoms with Gasteiger partial charge in [-0.3, -0.25) is 0 Å². The van der Waals surface area contributed by atoms with Crippen LogP contribution in [0.25, 0.3) is 0 Å². The van der Waals surface area contributed by atoms with Crippen LogP contribution in [0.5, 0.6) is 17.2 Å². The first-order chi connectivity index (χ1) is 14.2. The van der Waals surface area contributed by atoms with Crippen molar-refractivity contribution < 1.29 is 59.1 Å². The molecule has 0 atom stereocenters. The van der Waals surface area contributed by atoms with E-state index in [2.05, 4.69) is 9.47 Å². The second-order valence-corrected chi connectivity index (χ2v) is 5.36. The molecule has 12 heteroatoms. The summed E-state index contributed by atoms with van der Waals surface area (Å²) in [5.41, 5.74) is -1.11. The fraction of sp³-hybridized carbons (Fsp3) is 0.611. The Morgan fingerprint density at radius 1 is 0.700 bits per heavy atom. The maximum atomic E-state index is 8.56. The molecule has 0 bridgehead atoms. The van der Waals surface area contributed by atoms with E-state index in [1.54, 1.807) is 53.7 Å². The summed E-state index contributed by atoms with van der Waals surface area (Å²) >= 11 is 0. The molecule has 0 aliphatic carbocycles. The monoisotopic (exact) mass is 442 g/mol. The Hall–Kier alpha value is -2.35. The Kier molecular flexibility index (Phi) is 23.0. The molecule has 0 amide bonds. The van der Waals surface area contributed by atoms with Crippen LogP contribution in [-0.4, -0.2) is 106 Å². The molecule has 0 saturated heterocycles. The van der Waals surface area contributed by atoms with Crippen LogP contribution in [0.1, 0.15) is 0 Å². The van der Waals surface area contributed by atoms with Gasteiger partial charge in [-0.25, -0.2) is 4.79 Å². The van der Waals surface area contributed by atoms with Crippen molar-refractivity contribution in [1.29, 1.82) is 0 Å². The summed E-state index contributed by atoms with van der Waals surface area (Å²) < 4.78 is 24.1. The summed E-state index contributed by atoms with van der Waals surface area (Å²) in [6, 6.07) is 5.38. The SMILES string of the molecule is COCOC.COc1cc(OC)cc(OC)c1.O=C(O)O.OCC(CO)(CO)CO. The minimum absolute atomic E-state index is 0.389. The lowest BCUT2D eigenvalue weighted by Crippen LogP contribution is -2.37. The fourth-order valence-electron chi connectivity index (χ4n) is 1.32. The Morgan fingerprint density at radius 2 is 0.933 bits per heavy atom. The van der Waals surface area contributed by atoms with E-state index in [0.717, 1.165) is 17.2 Å². The first-order valence-electron chi connectivity index (χ1n) is 8.29. The molecule has 1 aromatic carbocycles. The predicted octanol–water partition coefficient (Wildman–Crippen LogP) is 0.114. The molecule has 1 aromatic rings. The third kappa shape index (κ3) is 17.7. The zero-order chi connectivity index (χ0) is 24.0. The third-order valence-corrected chi connectivity index (χ3v) is 3.14. The van der Waals surface area contributed by atoms with Gasteiger partial charge in [0.25, 0.3) is 0 Å². The van der Waals surface area contributed by atoms with E-state index in [1.807, 2.05) is 0 Å². The molecule has 0 aromatic heterocycles. The van der Waals surface area contributed by atoms with E-state index in [4.69, 9.17) is 49.6 Å². The number of methoxy groups -OCH3 is 5. The Morgan fingerprint density at radius 3 is 1.00 bits per heavy atom. The predicted molar refractivity (Wildman–Crippen MR) is 106 cm³/mol. The molecule has 0 fully saturated rings. The van der Waals surface area contributed by atoms with Crippen molar-refractivity contribution in [3.05, 3.63) is 18.2 Å². The van der Waals surface area contributed by atoms with Gasteiger partial charge >= 0.3 is 6.16 Å². The number of carbonyl (C=O) groups is 1. The summed E-state index contributed by atoms with van der Waals surface area (Å²) in [6.07, 6.45) is -1.83. The molecule has 0 unspecified atom stereocenters. The van der Waals surface area contributed by atoms with Gasteiger partial charge in [0.1, 0.15) is 24.0 Å². The van der Waals surface area contributed by atoms with Gasteiger partial charge in [-0.15, -0.1) is 0 Å². The van der Waals surface area contributed by atoms with E-state index in [1.165, 1.54) is 0 Å². The van der Waals surface area contributed by atoms with Crippen LogP contribution in [0.2, 0.25) is 0 Å². The van der Waals surface area contributed by atoms with E-state index in [-0.39, 0.29) is 0 Å². The molecule has 30 heavy (non-hydrogen) atoms. The largest absolute Gasteiger partial charge is 0.503 e. The summed E-state index contributed by atoms with van der Waals surface area (Å²) in [4.78, 5) is 8.56. The van der Waals surface area contributed by atoms with E-state index in [9.17, 15) is 0 Å². The fourth-order valence-corrected chi connectivity index (χ4v) is 1.32. The standard InChI is InChI=1S/C9H12O3.C5H12O4.C3H8O2.CH2O3/c1-10-7-4-8(11-2)6-9(5-7)12-3;6-1-5(2-7,3-8)4-9;1-4-3-5-2;2-1(3)4/h4-6H,1-3H3;6-9H,1-4H2;3H2,1-2H3;(H2,2,3,4). The van der Waals surface area contributed by atoms with Gasteiger partial charge < -0.3 is 54.3 Å². The van der Waals surface area contributed by atoms with E-state index in [0.29, 0.717) is 6.79 Å². The van der Waals surface area contributed by atoms with Gasteiger partial charge in [-0.05, 0) is 0 Å². The molecular weight excluding hydrogens is 408 g/mol. The number of hydrogen-bond donors (Lipinski definition) is 6. The van der Waals surface area contributed by atoms with Gasteiger partial charge in [0, 0.05) is 32.4 Å². The molecule has 1 rings (SSSR count). The highest BCUT2D eigenvalue weighted by Crippen LogP contribution is 2.26. The Labute approximate surface area is 175 Å².